The maximum atomic E-state index is 11.5. The zero-order valence-electron chi connectivity index (χ0n) is 14.1. The number of esters is 2. The van der Waals surface area contributed by atoms with Crippen LogP contribution in [0.25, 0.3) is 0 Å². The van der Waals surface area contributed by atoms with E-state index in [1.165, 1.54) is 12.8 Å². The first-order valence-electron chi connectivity index (χ1n) is 8.25. The predicted octanol–water partition coefficient (Wildman–Crippen LogP) is 3.91. The van der Waals surface area contributed by atoms with Crippen molar-refractivity contribution in [2.24, 2.45) is 0 Å². The van der Waals surface area contributed by atoms with Gasteiger partial charge in [-0.15, -0.1) is 0 Å². The van der Waals surface area contributed by atoms with E-state index in [9.17, 15) is 9.59 Å². The van der Waals surface area contributed by atoms with E-state index in [0.717, 1.165) is 24.8 Å². The zero-order valence-corrected chi connectivity index (χ0v) is 14.8. The summed E-state index contributed by atoms with van der Waals surface area (Å²) in [6.07, 6.45) is 5.45. The molecule has 1 aromatic carbocycles. The van der Waals surface area contributed by atoms with Gasteiger partial charge in [0, 0.05) is 5.02 Å². The first-order valence-corrected chi connectivity index (χ1v) is 8.63. The number of benzene rings is 1. The van der Waals surface area contributed by atoms with E-state index in [4.69, 9.17) is 25.8 Å². The number of halogens is 1. The van der Waals surface area contributed by atoms with Gasteiger partial charge in [0.2, 0.25) is 0 Å². The minimum absolute atomic E-state index is 0.140. The van der Waals surface area contributed by atoms with Gasteiger partial charge in [-0.25, -0.2) is 9.59 Å². The van der Waals surface area contributed by atoms with Gasteiger partial charge < -0.3 is 14.2 Å². The van der Waals surface area contributed by atoms with E-state index in [0.29, 0.717) is 11.6 Å². The molecule has 6 heteroatoms. The molecule has 0 aromatic heterocycles. The molecule has 0 saturated heterocycles. The lowest BCUT2D eigenvalue weighted by atomic mass is 10.2. The molecule has 0 aliphatic carbocycles. The number of hydrogen-bond acceptors (Lipinski definition) is 5. The van der Waals surface area contributed by atoms with Crippen molar-refractivity contribution < 1.29 is 23.8 Å². The van der Waals surface area contributed by atoms with Crippen LogP contribution in [0.2, 0.25) is 5.02 Å². The largest absolute Gasteiger partial charge is 0.464 e. The fourth-order valence-corrected chi connectivity index (χ4v) is 2.06. The van der Waals surface area contributed by atoms with Gasteiger partial charge in [0.25, 0.3) is 0 Å². The molecule has 0 aliphatic heterocycles. The summed E-state index contributed by atoms with van der Waals surface area (Å²) in [5, 5.41) is 0.622. The summed E-state index contributed by atoms with van der Waals surface area (Å²) >= 11 is 5.77. The highest BCUT2D eigenvalue weighted by atomic mass is 35.5. The fourth-order valence-electron chi connectivity index (χ4n) is 1.94. The molecule has 0 spiro atoms. The second kappa shape index (κ2) is 12.8. The maximum absolute atomic E-state index is 11.5. The van der Waals surface area contributed by atoms with Gasteiger partial charge in [-0.3, -0.25) is 0 Å². The molecule has 0 heterocycles. The van der Waals surface area contributed by atoms with Crippen molar-refractivity contribution in [1.29, 1.82) is 0 Å². The third-order valence-corrected chi connectivity index (χ3v) is 3.52. The molecule has 0 fully saturated rings. The molecule has 1 aromatic rings. The van der Waals surface area contributed by atoms with Crippen LogP contribution in [0.15, 0.2) is 24.3 Å². The van der Waals surface area contributed by atoms with Crippen molar-refractivity contribution in [2.75, 3.05) is 19.8 Å². The minimum Gasteiger partial charge on any atom is -0.464 e. The second-order valence-corrected chi connectivity index (χ2v) is 5.85. The van der Waals surface area contributed by atoms with Gasteiger partial charge in [-0.2, -0.15) is 0 Å². The van der Waals surface area contributed by atoms with Gasteiger partial charge in [0.05, 0.1) is 6.61 Å². The molecule has 24 heavy (non-hydrogen) atoms. The number of carbonyl (C=O) groups is 2. The molecule has 0 amide bonds. The topological polar surface area (TPSA) is 61.8 Å². The number of ether oxygens (including phenoxy) is 3. The van der Waals surface area contributed by atoms with E-state index >= 15 is 0 Å². The summed E-state index contributed by atoms with van der Waals surface area (Å²) in [5.41, 5.74) is 0.829. The van der Waals surface area contributed by atoms with Crippen molar-refractivity contribution >= 4 is 23.5 Å². The summed E-state index contributed by atoms with van der Waals surface area (Å²) in [5.74, 6) is -0.992. The number of carbonyl (C=O) groups excluding carboxylic acids is 2. The molecular formula is C18H25ClO5. The van der Waals surface area contributed by atoms with Crippen molar-refractivity contribution in [3.63, 3.8) is 0 Å². The molecule has 0 aliphatic rings. The number of unbranched alkanes of at least 4 members (excludes halogenated alkanes) is 4. The number of rotatable bonds is 12. The molecule has 0 bridgehead atoms. The van der Waals surface area contributed by atoms with E-state index in [1.807, 2.05) is 0 Å². The van der Waals surface area contributed by atoms with E-state index in [1.54, 1.807) is 24.3 Å². The minimum atomic E-state index is -0.530. The van der Waals surface area contributed by atoms with Crippen LogP contribution in [0.5, 0.6) is 0 Å². The van der Waals surface area contributed by atoms with Crippen LogP contribution >= 0.6 is 11.6 Å². The SMILES string of the molecule is CCCCCCCOC(=O)COCC(=O)OCc1ccc(Cl)cc1. The highest BCUT2D eigenvalue weighted by Crippen LogP contribution is 2.10. The van der Waals surface area contributed by atoms with Crippen LogP contribution in [0, 0.1) is 0 Å². The van der Waals surface area contributed by atoms with Crippen molar-refractivity contribution in [1.82, 2.24) is 0 Å². The first-order chi connectivity index (χ1) is 11.6. The lowest BCUT2D eigenvalue weighted by Gasteiger charge is -2.07. The Morgan fingerprint density at radius 1 is 0.917 bits per heavy atom. The van der Waals surface area contributed by atoms with Crippen LogP contribution < -0.4 is 0 Å². The summed E-state index contributed by atoms with van der Waals surface area (Å²) in [4.78, 5) is 22.9. The Kier molecular flexibility index (Phi) is 10.9. The fraction of sp³-hybridized carbons (Fsp3) is 0.556. The summed E-state index contributed by atoms with van der Waals surface area (Å²) in [6, 6.07) is 6.99. The highest BCUT2D eigenvalue weighted by Gasteiger charge is 2.07. The molecule has 0 atom stereocenters. The van der Waals surface area contributed by atoms with Crippen LogP contribution in [0.3, 0.4) is 0 Å². The van der Waals surface area contributed by atoms with Crippen LogP contribution in [0.1, 0.15) is 44.6 Å². The monoisotopic (exact) mass is 356 g/mol. The molecule has 0 saturated carbocycles. The third kappa shape index (κ3) is 10.2. The Morgan fingerprint density at radius 2 is 1.54 bits per heavy atom. The van der Waals surface area contributed by atoms with Gasteiger partial charge in [-0.1, -0.05) is 56.3 Å². The Morgan fingerprint density at radius 3 is 2.21 bits per heavy atom. The van der Waals surface area contributed by atoms with Gasteiger partial charge in [-0.05, 0) is 24.1 Å². The quantitative estimate of drug-likeness (QED) is 0.419. The van der Waals surface area contributed by atoms with Gasteiger partial charge in [0.15, 0.2) is 0 Å². The lowest BCUT2D eigenvalue weighted by molar-refractivity contribution is -0.156. The molecule has 0 unspecified atom stereocenters. The third-order valence-electron chi connectivity index (χ3n) is 3.26. The van der Waals surface area contributed by atoms with E-state index in [-0.39, 0.29) is 19.8 Å². The average Bonchev–Trinajstić information content (AvgIpc) is 2.57. The van der Waals surface area contributed by atoms with Crippen LogP contribution in [0.4, 0.5) is 0 Å². The Hall–Kier alpha value is -1.59. The lowest BCUT2D eigenvalue weighted by Crippen LogP contribution is -2.18. The van der Waals surface area contributed by atoms with Gasteiger partial charge >= 0.3 is 11.9 Å². The summed E-state index contributed by atoms with van der Waals surface area (Å²) < 4.78 is 15.0. The summed E-state index contributed by atoms with van der Waals surface area (Å²) in [6.45, 7) is 2.16. The molecular weight excluding hydrogens is 332 g/mol. The standard InChI is InChI=1S/C18H25ClO5/c1-2-3-4-5-6-11-23-17(20)13-22-14-18(21)24-12-15-7-9-16(19)10-8-15/h7-10H,2-6,11-14H2,1H3. The van der Waals surface area contributed by atoms with Crippen molar-refractivity contribution in [3.8, 4) is 0 Å². The Labute approximate surface area is 148 Å². The van der Waals surface area contributed by atoms with E-state index in [2.05, 4.69) is 6.92 Å². The average molecular weight is 357 g/mol. The molecule has 5 nitrogen and oxygen atoms in total. The Bertz CT molecular complexity index is 487. The number of hydrogen-bond donors (Lipinski definition) is 0. The second-order valence-electron chi connectivity index (χ2n) is 5.41. The predicted molar refractivity (Wildman–Crippen MR) is 91.8 cm³/mol. The van der Waals surface area contributed by atoms with Gasteiger partial charge in [0.1, 0.15) is 19.8 Å². The van der Waals surface area contributed by atoms with Crippen LogP contribution in [-0.4, -0.2) is 31.8 Å². The smallest absolute Gasteiger partial charge is 0.332 e. The molecule has 1 rings (SSSR count). The molecule has 134 valence electrons. The zero-order chi connectivity index (χ0) is 17.6. The highest BCUT2D eigenvalue weighted by molar-refractivity contribution is 6.30. The van der Waals surface area contributed by atoms with E-state index < -0.39 is 11.9 Å². The van der Waals surface area contributed by atoms with Crippen molar-refractivity contribution in [3.05, 3.63) is 34.9 Å². The summed E-state index contributed by atoms with van der Waals surface area (Å²) in [7, 11) is 0. The normalized spacial score (nSPS) is 10.4. The molecule has 0 radical (unpaired) electrons. The molecule has 0 N–H and O–H groups in total. The first kappa shape index (κ1) is 20.5. The van der Waals surface area contributed by atoms with Crippen LogP contribution in [-0.2, 0) is 30.4 Å². The maximum Gasteiger partial charge on any atom is 0.332 e. The Balaban J connectivity index is 2.01. The van der Waals surface area contributed by atoms with Crippen molar-refractivity contribution in [2.45, 2.75) is 45.6 Å².